The van der Waals surface area contributed by atoms with Gasteiger partial charge in [0.2, 0.25) is 0 Å². The maximum absolute atomic E-state index is 13.4. The molecule has 1 saturated heterocycles. The van der Waals surface area contributed by atoms with Crippen LogP contribution in [-0.2, 0) is 7.05 Å². The summed E-state index contributed by atoms with van der Waals surface area (Å²) in [5.41, 5.74) is 3.19. The lowest BCUT2D eigenvalue weighted by Gasteiger charge is -2.37. The van der Waals surface area contributed by atoms with Crippen LogP contribution < -0.4 is 4.74 Å². The Bertz CT molecular complexity index is 1190. The molecule has 166 valence electrons. The Hall–Kier alpha value is -3.49. The van der Waals surface area contributed by atoms with E-state index in [1.54, 1.807) is 15.6 Å². The number of hydrogen-bond donors (Lipinski definition) is 1. The number of piperidine rings is 1. The molecule has 9 heteroatoms. The Morgan fingerprint density at radius 2 is 2.00 bits per heavy atom. The van der Waals surface area contributed by atoms with Crippen molar-refractivity contribution in [2.45, 2.75) is 32.3 Å². The summed E-state index contributed by atoms with van der Waals surface area (Å²) in [6.07, 6.45) is 3.35. The van der Waals surface area contributed by atoms with E-state index >= 15 is 0 Å². The van der Waals surface area contributed by atoms with Crippen molar-refractivity contribution in [3.63, 3.8) is 0 Å². The van der Waals surface area contributed by atoms with Crippen molar-refractivity contribution in [3.8, 4) is 17.0 Å². The van der Waals surface area contributed by atoms with Crippen LogP contribution in [-0.4, -0.2) is 55.8 Å². The molecule has 0 unspecified atom stereocenters. The number of benzene rings is 1. The minimum absolute atomic E-state index is 0.0924. The van der Waals surface area contributed by atoms with E-state index in [2.05, 4.69) is 15.3 Å². The minimum atomic E-state index is -0.438. The first kappa shape index (κ1) is 20.4. The highest BCUT2D eigenvalue weighted by molar-refractivity contribution is 6.00. The molecule has 2 aliphatic rings. The molecule has 8 nitrogen and oxygen atoms in total. The molecule has 1 atom stereocenters. The van der Waals surface area contributed by atoms with Gasteiger partial charge in [0.1, 0.15) is 23.4 Å². The number of carbonyl (C=O) groups is 2. The summed E-state index contributed by atoms with van der Waals surface area (Å²) in [7, 11) is 1.85. The van der Waals surface area contributed by atoms with Crippen molar-refractivity contribution >= 4 is 11.7 Å². The van der Waals surface area contributed by atoms with E-state index in [1.807, 2.05) is 20.2 Å². The molecule has 1 aromatic carbocycles. The molecule has 2 aliphatic heterocycles. The average molecular weight is 437 g/mol. The number of ether oxygens (including phenoxy) is 1. The first-order chi connectivity index (χ1) is 15.4. The lowest BCUT2D eigenvalue weighted by Crippen LogP contribution is -2.44. The number of nitrogens with zero attached hydrogens (tertiary/aromatic N) is 4. The van der Waals surface area contributed by atoms with Gasteiger partial charge >= 0.3 is 0 Å². The van der Waals surface area contributed by atoms with Gasteiger partial charge in [-0.1, -0.05) is 0 Å². The van der Waals surface area contributed by atoms with Crippen molar-refractivity contribution in [2.24, 2.45) is 13.0 Å². The number of fused-ring (bicyclic) bond motifs is 1. The molecule has 2 aromatic heterocycles. The summed E-state index contributed by atoms with van der Waals surface area (Å²) in [5.74, 6) is -0.0137. The second-order valence-corrected chi connectivity index (χ2v) is 8.52. The quantitative estimate of drug-likeness (QED) is 0.680. The molecule has 1 amide bonds. The fraction of sp³-hybridized carbons (Fsp3) is 0.391. The zero-order valence-electron chi connectivity index (χ0n) is 18.0. The van der Waals surface area contributed by atoms with Gasteiger partial charge < -0.3 is 9.64 Å². The second kappa shape index (κ2) is 7.89. The van der Waals surface area contributed by atoms with Crippen molar-refractivity contribution in [1.29, 1.82) is 0 Å². The lowest BCUT2D eigenvalue weighted by atomic mass is 9.86. The molecule has 0 spiro atoms. The molecule has 0 saturated carbocycles. The molecule has 3 aromatic rings. The van der Waals surface area contributed by atoms with E-state index in [9.17, 15) is 14.0 Å². The van der Waals surface area contributed by atoms with Gasteiger partial charge in [-0.15, -0.1) is 0 Å². The highest BCUT2D eigenvalue weighted by Gasteiger charge is 2.35. The molecule has 5 rings (SSSR count). The number of amides is 1. The maximum Gasteiger partial charge on any atom is 0.271 e. The fourth-order valence-electron chi connectivity index (χ4n) is 4.65. The summed E-state index contributed by atoms with van der Waals surface area (Å²) in [6.45, 7) is 3.06. The van der Waals surface area contributed by atoms with E-state index in [-0.39, 0.29) is 30.1 Å². The van der Waals surface area contributed by atoms with Gasteiger partial charge in [0, 0.05) is 38.3 Å². The van der Waals surface area contributed by atoms with Crippen LogP contribution in [0.25, 0.3) is 11.3 Å². The molecule has 32 heavy (non-hydrogen) atoms. The number of aromatic amines is 1. The number of likely N-dealkylation sites (tertiary alicyclic amines) is 1. The topological polar surface area (TPSA) is 93.1 Å². The van der Waals surface area contributed by atoms with E-state index < -0.39 is 5.82 Å². The Kier molecular flexibility index (Phi) is 5.03. The van der Waals surface area contributed by atoms with Gasteiger partial charge in [0.15, 0.2) is 5.78 Å². The smallest absolute Gasteiger partial charge is 0.271 e. The van der Waals surface area contributed by atoms with Crippen molar-refractivity contribution in [2.75, 3.05) is 13.1 Å². The summed E-state index contributed by atoms with van der Waals surface area (Å²) < 4.78 is 21.2. The summed E-state index contributed by atoms with van der Waals surface area (Å²) >= 11 is 0. The normalized spacial score (nSPS) is 19.0. The van der Waals surface area contributed by atoms with Crippen molar-refractivity contribution in [3.05, 3.63) is 53.2 Å². The number of rotatable bonds is 3. The van der Waals surface area contributed by atoms with Crippen molar-refractivity contribution < 1.29 is 18.7 Å². The SMILES string of the molecule is Cc1nn(C)cc1-c1cc(C(=O)N2CCC([C@H]3CC(=O)c4cc(F)ccc4O3)CC2)[nH]n1. The number of nitrogens with one attached hydrogen (secondary N) is 1. The van der Waals surface area contributed by atoms with E-state index in [0.717, 1.165) is 24.1 Å². The number of Topliss-reactive ketones (excluding diaryl/α,β-unsaturated/α-hetero) is 1. The van der Waals surface area contributed by atoms with Gasteiger partial charge in [0.25, 0.3) is 5.91 Å². The Morgan fingerprint density at radius 1 is 1.22 bits per heavy atom. The molecule has 0 aliphatic carbocycles. The summed E-state index contributed by atoms with van der Waals surface area (Å²) in [4.78, 5) is 27.2. The number of aromatic nitrogens is 4. The first-order valence-electron chi connectivity index (χ1n) is 10.7. The van der Waals surface area contributed by atoms with Crippen LogP contribution in [0.15, 0.2) is 30.5 Å². The van der Waals surface area contributed by atoms with E-state index in [1.165, 1.54) is 18.2 Å². The maximum atomic E-state index is 13.4. The predicted molar refractivity (Wildman–Crippen MR) is 114 cm³/mol. The number of H-pyrrole nitrogens is 1. The lowest BCUT2D eigenvalue weighted by molar-refractivity contribution is 0.0448. The van der Waals surface area contributed by atoms with Gasteiger partial charge in [0.05, 0.1) is 17.0 Å². The third-order valence-electron chi connectivity index (χ3n) is 6.36. The van der Waals surface area contributed by atoms with Gasteiger partial charge in [-0.2, -0.15) is 10.2 Å². The number of aryl methyl sites for hydroxylation is 2. The summed E-state index contributed by atoms with van der Waals surface area (Å²) in [6, 6.07) is 5.83. The second-order valence-electron chi connectivity index (χ2n) is 8.52. The number of halogens is 1. The molecule has 1 N–H and O–H groups in total. The monoisotopic (exact) mass is 437 g/mol. The van der Waals surface area contributed by atoms with Crippen LogP contribution in [0.5, 0.6) is 5.75 Å². The van der Waals surface area contributed by atoms with Gasteiger partial charge in [-0.25, -0.2) is 4.39 Å². The number of ketones is 1. The standard InChI is InChI=1S/C23H24FN5O3/c1-13-17(12-28(2)27-13)18-10-19(26-25-18)23(31)29-7-5-14(6-8-29)22-11-20(30)16-9-15(24)3-4-21(16)32-22/h3-4,9-10,12,14,22H,5-8,11H2,1-2H3,(H,25,26)/t22-/m1/s1. The Labute approximate surface area is 184 Å². The van der Waals surface area contributed by atoms with Crippen LogP contribution in [0, 0.1) is 18.7 Å². The fourth-order valence-corrected chi connectivity index (χ4v) is 4.65. The first-order valence-corrected chi connectivity index (χ1v) is 10.7. The molecular weight excluding hydrogens is 413 g/mol. The average Bonchev–Trinajstić information content (AvgIpc) is 3.39. The minimum Gasteiger partial charge on any atom is -0.489 e. The third-order valence-corrected chi connectivity index (χ3v) is 6.36. The summed E-state index contributed by atoms with van der Waals surface area (Å²) in [5, 5.41) is 11.5. The predicted octanol–water partition coefficient (Wildman–Crippen LogP) is 3.14. The van der Waals surface area contributed by atoms with Crippen LogP contribution in [0.2, 0.25) is 0 Å². The van der Waals surface area contributed by atoms with Crippen molar-refractivity contribution in [1.82, 2.24) is 24.9 Å². The Morgan fingerprint density at radius 3 is 2.72 bits per heavy atom. The molecule has 1 fully saturated rings. The Balaban J connectivity index is 1.23. The zero-order chi connectivity index (χ0) is 22.4. The van der Waals surface area contributed by atoms with Crippen LogP contribution in [0.4, 0.5) is 4.39 Å². The largest absolute Gasteiger partial charge is 0.489 e. The third kappa shape index (κ3) is 3.68. The molecule has 0 bridgehead atoms. The van der Waals surface area contributed by atoms with Crippen LogP contribution in [0.1, 0.15) is 45.8 Å². The highest BCUT2D eigenvalue weighted by atomic mass is 19.1. The van der Waals surface area contributed by atoms with Gasteiger partial charge in [-0.3, -0.25) is 19.4 Å². The number of carbonyl (C=O) groups excluding carboxylic acids is 2. The number of hydrogen-bond acceptors (Lipinski definition) is 5. The molecular formula is C23H24FN5O3. The van der Waals surface area contributed by atoms with Crippen LogP contribution in [0.3, 0.4) is 0 Å². The van der Waals surface area contributed by atoms with Crippen LogP contribution >= 0.6 is 0 Å². The van der Waals surface area contributed by atoms with Gasteiger partial charge in [-0.05, 0) is 49.9 Å². The zero-order valence-corrected chi connectivity index (χ0v) is 18.0. The van der Waals surface area contributed by atoms with E-state index in [4.69, 9.17) is 4.74 Å². The molecule has 0 radical (unpaired) electrons. The van der Waals surface area contributed by atoms with E-state index in [0.29, 0.717) is 35.8 Å². The molecule has 4 heterocycles. The highest BCUT2D eigenvalue weighted by Crippen LogP contribution is 2.34.